The normalized spacial score (nSPS) is 13.1. The number of Topliss-reactive ketones (excluding diaryl/α,β-unsaturated/α-hetero) is 1. The van der Waals surface area contributed by atoms with Crippen molar-refractivity contribution >= 4 is 5.78 Å². The Morgan fingerprint density at radius 2 is 2.00 bits per heavy atom. The van der Waals surface area contributed by atoms with Crippen LogP contribution in [0.5, 0.6) is 0 Å². The summed E-state index contributed by atoms with van der Waals surface area (Å²) >= 11 is 0. The van der Waals surface area contributed by atoms with Crippen LogP contribution in [0.25, 0.3) is 0 Å². The van der Waals surface area contributed by atoms with Crippen molar-refractivity contribution < 1.29 is 19.0 Å². The summed E-state index contributed by atoms with van der Waals surface area (Å²) in [6.07, 6.45) is -0.631. The molecule has 0 aliphatic rings. The first kappa shape index (κ1) is 17.4. The van der Waals surface area contributed by atoms with Gasteiger partial charge in [0.2, 0.25) is 5.78 Å². The zero-order chi connectivity index (χ0) is 15.5. The Kier molecular flexibility index (Phi) is 8.37. The Balaban J connectivity index is 2.48. The Hall–Kier alpha value is -1.67. The summed E-state index contributed by atoms with van der Waals surface area (Å²) in [6.45, 7) is 4.52. The van der Waals surface area contributed by atoms with Crippen LogP contribution in [-0.2, 0) is 25.6 Å². The average molecular weight is 290 g/mol. The van der Waals surface area contributed by atoms with Gasteiger partial charge in [0.15, 0.2) is 0 Å². The zero-order valence-corrected chi connectivity index (χ0v) is 12.8. The van der Waals surface area contributed by atoms with E-state index in [4.69, 9.17) is 14.2 Å². The topological polar surface area (TPSA) is 44.8 Å². The molecule has 1 aromatic rings. The van der Waals surface area contributed by atoms with Gasteiger partial charge in [-0.3, -0.25) is 4.79 Å². The van der Waals surface area contributed by atoms with E-state index in [-0.39, 0.29) is 18.5 Å². The highest BCUT2D eigenvalue weighted by molar-refractivity contribution is 5.99. The molecule has 0 aliphatic heterocycles. The van der Waals surface area contributed by atoms with E-state index < -0.39 is 6.10 Å². The molecule has 114 valence electrons. The average Bonchev–Trinajstić information content (AvgIpc) is 2.49. The van der Waals surface area contributed by atoms with Gasteiger partial charge in [0.05, 0.1) is 13.2 Å². The SMILES string of the molecule is CC#CC(=O)[C@H](OCOC)[C@H](C)COCc1ccccc1. The molecule has 0 bridgehead atoms. The largest absolute Gasteiger partial charge is 0.376 e. The molecule has 0 N–H and O–H groups in total. The molecule has 0 fully saturated rings. The minimum atomic E-state index is -0.631. The number of methoxy groups -OCH3 is 1. The van der Waals surface area contributed by atoms with E-state index in [9.17, 15) is 4.79 Å². The molecule has 0 amide bonds. The van der Waals surface area contributed by atoms with Crippen molar-refractivity contribution in [1.82, 2.24) is 0 Å². The molecule has 0 heterocycles. The number of ether oxygens (including phenoxy) is 3. The van der Waals surface area contributed by atoms with Crippen molar-refractivity contribution in [3.63, 3.8) is 0 Å². The second-order valence-electron chi connectivity index (χ2n) is 4.71. The van der Waals surface area contributed by atoms with Crippen molar-refractivity contribution in [1.29, 1.82) is 0 Å². The van der Waals surface area contributed by atoms with Crippen molar-refractivity contribution in [2.24, 2.45) is 5.92 Å². The zero-order valence-electron chi connectivity index (χ0n) is 12.8. The maximum atomic E-state index is 11.9. The maximum Gasteiger partial charge on any atom is 0.234 e. The standard InChI is InChI=1S/C17H22O4/c1-4-8-16(18)17(21-13-19-3)14(2)11-20-12-15-9-6-5-7-10-15/h5-7,9-10,14,17H,11-13H2,1-3H3/t14-,17-/m1/s1. The number of hydrogen-bond acceptors (Lipinski definition) is 4. The highest BCUT2D eigenvalue weighted by atomic mass is 16.7. The fourth-order valence-electron chi connectivity index (χ4n) is 1.86. The van der Waals surface area contributed by atoms with Gasteiger partial charge in [-0.25, -0.2) is 0 Å². The summed E-state index contributed by atoms with van der Waals surface area (Å²) < 4.78 is 15.9. The fraction of sp³-hybridized carbons (Fsp3) is 0.471. The van der Waals surface area contributed by atoms with Crippen molar-refractivity contribution in [2.45, 2.75) is 26.6 Å². The van der Waals surface area contributed by atoms with Gasteiger partial charge in [-0.1, -0.05) is 43.2 Å². The third-order valence-electron chi connectivity index (χ3n) is 2.88. The monoisotopic (exact) mass is 290 g/mol. The first-order chi connectivity index (χ1) is 10.2. The van der Waals surface area contributed by atoms with E-state index in [0.29, 0.717) is 13.2 Å². The molecule has 4 heteroatoms. The molecule has 0 saturated heterocycles. The van der Waals surface area contributed by atoms with Crippen LogP contribution >= 0.6 is 0 Å². The van der Waals surface area contributed by atoms with Crippen molar-refractivity contribution in [2.75, 3.05) is 20.5 Å². The van der Waals surface area contributed by atoms with Crippen molar-refractivity contribution in [3.05, 3.63) is 35.9 Å². The fourth-order valence-corrected chi connectivity index (χ4v) is 1.86. The Morgan fingerprint density at radius 1 is 1.29 bits per heavy atom. The Labute approximate surface area is 126 Å². The highest BCUT2D eigenvalue weighted by Crippen LogP contribution is 2.11. The van der Waals surface area contributed by atoms with E-state index >= 15 is 0 Å². The maximum absolute atomic E-state index is 11.9. The lowest BCUT2D eigenvalue weighted by atomic mass is 10.0. The van der Waals surface area contributed by atoms with Crippen LogP contribution in [0.2, 0.25) is 0 Å². The number of carbonyl (C=O) groups is 1. The first-order valence-corrected chi connectivity index (χ1v) is 6.87. The van der Waals surface area contributed by atoms with Crippen LogP contribution in [0.1, 0.15) is 19.4 Å². The summed E-state index contributed by atoms with van der Waals surface area (Å²) in [4.78, 5) is 11.9. The predicted molar refractivity (Wildman–Crippen MR) is 80.5 cm³/mol. The Bertz CT molecular complexity index is 473. The molecule has 0 radical (unpaired) electrons. The van der Waals surface area contributed by atoms with Crippen LogP contribution in [0.4, 0.5) is 0 Å². The number of ketones is 1. The van der Waals surface area contributed by atoms with Gasteiger partial charge >= 0.3 is 0 Å². The van der Waals surface area contributed by atoms with E-state index in [1.807, 2.05) is 37.3 Å². The van der Waals surface area contributed by atoms with E-state index in [1.54, 1.807) is 6.92 Å². The number of benzene rings is 1. The van der Waals surface area contributed by atoms with Gasteiger partial charge in [0, 0.05) is 13.0 Å². The van der Waals surface area contributed by atoms with Gasteiger partial charge in [-0.05, 0) is 18.4 Å². The highest BCUT2D eigenvalue weighted by Gasteiger charge is 2.25. The molecular formula is C17H22O4. The second-order valence-corrected chi connectivity index (χ2v) is 4.71. The molecule has 0 aromatic heterocycles. The third kappa shape index (κ3) is 6.54. The lowest BCUT2D eigenvalue weighted by molar-refractivity contribution is -0.142. The lowest BCUT2D eigenvalue weighted by Gasteiger charge is -2.21. The minimum absolute atomic E-state index is 0.0603. The number of hydrogen-bond donors (Lipinski definition) is 0. The third-order valence-corrected chi connectivity index (χ3v) is 2.88. The summed E-state index contributed by atoms with van der Waals surface area (Å²) in [5.41, 5.74) is 1.10. The van der Waals surface area contributed by atoms with Crippen molar-refractivity contribution in [3.8, 4) is 11.8 Å². The molecule has 1 rings (SSSR count). The molecule has 4 nitrogen and oxygen atoms in total. The molecular weight excluding hydrogens is 268 g/mol. The van der Waals surface area contributed by atoms with Gasteiger partial charge in [-0.15, -0.1) is 0 Å². The van der Waals surface area contributed by atoms with Crippen LogP contribution < -0.4 is 0 Å². The molecule has 21 heavy (non-hydrogen) atoms. The smallest absolute Gasteiger partial charge is 0.234 e. The van der Waals surface area contributed by atoms with E-state index in [0.717, 1.165) is 5.56 Å². The van der Waals surface area contributed by atoms with Gasteiger partial charge < -0.3 is 14.2 Å². The van der Waals surface area contributed by atoms with E-state index in [1.165, 1.54) is 7.11 Å². The number of carbonyl (C=O) groups excluding carboxylic acids is 1. The Morgan fingerprint density at radius 3 is 2.62 bits per heavy atom. The van der Waals surface area contributed by atoms with Crippen LogP contribution in [0, 0.1) is 17.8 Å². The predicted octanol–water partition coefficient (Wildman–Crippen LogP) is 2.42. The molecule has 2 atom stereocenters. The first-order valence-electron chi connectivity index (χ1n) is 6.87. The molecule has 1 aromatic carbocycles. The second kappa shape index (κ2) is 10.1. The van der Waals surface area contributed by atoms with Crippen LogP contribution in [0.15, 0.2) is 30.3 Å². The van der Waals surface area contributed by atoms with E-state index in [2.05, 4.69) is 11.8 Å². The number of rotatable bonds is 9. The molecule has 0 saturated carbocycles. The summed E-state index contributed by atoms with van der Waals surface area (Å²) in [6, 6.07) is 9.89. The summed E-state index contributed by atoms with van der Waals surface area (Å²) in [5.74, 6) is 4.77. The van der Waals surface area contributed by atoms with Gasteiger partial charge in [0.1, 0.15) is 12.9 Å². The minimum Gasteiger partial charge on any atom is -0.376 e. The lowest BCUT2D eigenvalue weighted by Crippen LogP contribution is -2.33. The molecule has 0 aliphatic carbocycles. The van der Waals surface area contributed by atoms with Crippen LogP contribution in [0.3, 0.4) is 0 Å². The molecule has 0 unspecified atom stereocenters. The quantitative estimate of drug-likeness (QED) is 0.398. The molecule has 0 spiro atoms. The summed E-state index contributed by atoms with van der Waals surface area (Å²) in [7, 11) is 1.52. The van der Waals surface area contributed by atoms with Crippen LogP contribution in [-0.4, -0.2) is 32.4 Å². The summed E-state index contributed by atoms with van der Waals surface area (Å²) in [5, 5.41) is 0. The van der Waals surface area contributed by atoms with Gasteiger partial charge in [-0.2, -0.15) is 0 Å². The van der Waals surface area contributed by atoms with Gasteiger partial charge in [0.25, 0.3) is 0 Å².